The van der Waals surface area contributed by atoms with Crippen LogP contribution in [0, 0.1) is 13.8 Å². The van der Waals surface area contributed by atoms with E-state index in [0.717, 1.165) is 11.1 Å². The molecule has 1 N–H and O–H groups in total. The number of rotatable bonds is 3. The number of hydrogen-bond donors (Lipinski definition) is 1. The summed E-state index contributed by atoms with van der Waals surface area (Å²) in [6.07, 6.45) is 0. The topological polar surface area (TPSA) is 72.0 Å². The molecular weight excluding hydrogens is 256 g/mol. The van der Waals surface area contributed by atoms with Crippen molar-refractivity contribution in [2.24, 2.45) is 0 Å². The lowest BCUT2D eigenvalue weighted by Gasteiger charge is -2.10. The Hall–Kier alpha value is -2.43. The van der Waals surface area contributed by atoms with E-state index < -0.39 is 11.7 Å². The van der Waals surface area contributed by atoms with E-state index in [2.05, 4.69) is 9.97 Å². The molecule has 0 bridgehead atoms. The Kier molecular flexibility index (Phi) is 3.98. The molecular formula is C15H16N2O3. The Morgan fingerprint density at radius 3 is 2.75 bits per heavy atom. The average Bonchev–Trinajstić information content (AvgIpc) is 2.37. The van der Waals surface area contributed by atoms with Gasteiger partial charge in [0, 0.05) is 11.3 Å². The molecule has 0 unspecified atom stereocenters. The zero-order valence-electron chi connectivity index (χ0n) is 11.7. The molecule has 104 valence electrons. The molecule has 2 aromatic rings. The quantitative estimate of drug-likeness (QED) is 0.870. The molecule has 1 aromatic heterocycles. The van der Waals surface area contributed by atoms with Crippen molar-refractivity contribution in [2.45, 2.75) is 20.8 Å². The van der Waals surface area contributed by atoms with Gasteiger partial charge in [0.25, 0.3) is 0 Å². The Labute approximate surface area is 116 Å². The van der Waals surface area contributed by atoms with E-state index >= 15 is 0 Å². The second kappa shape index (κ2) is 5.69. The largest absolute Gasteiger partial charge is 0.462 e. The number of aromatic amines is 1. The maximum Gasteiger partial charge on any atom is 0.345 e. The van der Waals surface area contributed by atoms with Gasteiger partial charge in [0.1, 0.15) is 5.56 Å². The van der Waals surface area contributed by atoms with Crippen LogP contribution in [0.3, 0.4) is 0 Å². The molecule has 5 heteroatoms. The zero-order valence-corrected chi connectivity index (χ0v) is 11.7. The number of carbonyl (C=O) groups is 1. The monoisotopic (exact) mass is 272 g/mol. The van der Waals surface area contributed by atoms with Gasteiger partial charge in [-0.15, -0.1) is 0 Å². The van der Waals surface area contributed by atoms with Crippen LogP contribution in [0.15, 0.2) is 29.1 Å². The average molecular weight is 272 g/mol. The van der Waals surface area contributed by atoms with Crippen LogP contribution in [-0.4, -0.2) is 22.5 Å². The molecule has 0 spiro atoms. The maximum absolute atomic E-state index is 12.1. The van der Waals surface area contributed by atoms with E-state index in [1.807, 2.05) is 31.2 Å². The first-order chi connectivity index (χ1) is 9.52. The van der Waals surface area contributed by atoms with Crippen LogP contribution >= 0.6 is 0 Å². The molecule has 0 amide bonds. The first-order valence-electron chi connectivity index (χ1n) is 6.38. The summed E-state index contributed by atoms with van der Waals surface area (Å²) >= 11 is 0. The van der Waals surface area contributed by atoms with Crippen molar-refractivity contribution in [3.63, 3.8) is 0 Å². The number of hydrogen-bond acceptors (Lipinski definition) is 4. The van der Waals surface area contributed by atoms with Gasteiger partial charge in [-0.3, -0.25) is 0 Å². The van der Waals surface area contributed by atoms with Crippen LogP contribution in [0.4, 0.5) is 0 Å². The summed E-state index contributed by atoms with van der Waals surface area (Å²) in [5.74, 6) is -0.481. The van der Waals surface area contributed by atoms with Crippen LogP contribution in [-0.2, 0) is 4.74 Å². The highest BCUT2D eigenvalue weighted by molar-refractivity contribution is 5.97. The Morgan fingerprint density at radius 1 is 1.35 bits per heavy atom. The van der Waals surface area contributed by atoms with Crippen LogP contribution in [0.5, 0.6) is 0 Å². The number of esters is 1. The molecule has 0 aliphatic carbocycles. The number of H-pyrrole nitrogens is 1. The van der Waals surface area contributed by atoms with Gasteiger partial charge in [-0.05, 0) is 26.8 Å². The van der Waals surface area contributed by atoms with Gasteiger partial charge in [-0.1, -0.05) is 23.8 Å². The third kappa shape index (κ3) is 2.77. The molecule has 0 fully saturated rings. The van der Waals surface area contributed by atoms with Gasteiger partial charge < -0.3 is 9.72 Å². The number of ether oxygens (including phenoxy) is 1. The number of aromatic nitrogens is 2. The van der Waals surface area contributed by atoms with E-state index in [0.29, 0.717) is 17.0 Å². The zero-order chi connectivity index (χ0) is 14.7. The second-order valence-electron chi connectivity index (χ2n) is 4.48. The number of benzene rings is 1. The predicted octanol–water partition coefficient (Wildman–Crippen LogP) is 2.23. The van der Waals surface area contributed by atoms with Crippen molar-refractivity contribution in [3.05, 3.63) is 51.6 Å². The van der Waals surface area contributed by atoms with E-state index in [4.69, 9.17) is 4.74 Å². The molecule has 1 heterocycles. The minimum atomic E-state index is -0.481. The van der Waals surface area contributed by atoms with Crippen LogP contribution in [0.25, 0.3) is 11.3 Å². The minimum absolute atomic E-state index is 0.269. The molecule has 0 saturated heterocycles. The summed E-state index contributed by atoms with van der Waals surface area (Å²) in [4.78, 5) is 30.1. The van der Waals surface area contributed by atoms with E-state index in [-0.39, 0.29) is 6.61 Å². The molecule has 2 rings (SSSR count). The van der Waals surface area contributed by atoms with Crippen LogP contribution in [0.1, 0.15) is 28.5 Å². The first kappa shape index (κ1) is 14.0. The maximum atomic E-state index is 12.1. The second-order valence-corrected chi connectivity index (χ2v) is 4.48. The van der Waals surface area contributed by atoms with Gasteiger partial charge in [-0.2, -0.15) is 4.98 Å². The van der Waals surface area contributed by atoms with Gasteiger partial charge in [0.2, 0.25) is 0 Å². The molecule has 0 radical (unpaired) electrons. The third-order valence-corrected chi connectivity index (χ3v) is 2.89. The summed E-state index contributed by atoms with van der Waals surface area (Å²) in [6.45, 7) is 5.60. The van der Waals surface area contributed by atoms with E-state index in [1.54, 1.807) is 13.8 Å². The molecule has 5 nitrogen and oxygen atoms in total. The van der Waals surface area contributed by atoms with E-state index in [1.165, 1.54) is 0 Å². The van der Waals surface area contributed by atoms with Gasteiger partial charge in [0.15, 0.2) is 0 Å². The number of nitrogens with one attached hydrogen (secondary N) is 1. The van der Waals surface area contributed by atoms with Gasteiger partial charge in [0.05, 0.1) is 12.3 Å². The number of nitrogens with zero attached hydrogens (tertiary/aromatic N) is 1. The van der Waals surface area contributed by atoms with E-state index in [9.17, 15) is 9.59 Å². The lowest BCUT2D eigenvalue weighted by molar-refractivity contribution is 0.0525. The number of aryl methyl sites for hydroxylation is 2. The SMILES string of the molecule is CCOC(=O)c1c(-c2cccc(C)c2)nc(=O)[nH]c1C. The van der Waals surface area contributed by atoms with Gasteiger partial charge >= 0.3 is 11.7 Å². The fourth-order valence-electron chi connectivity index (χ4n) is 2.04. The lowest BCUT2D eigenvalue weighted by Crippen LogP contribution is -2.19. The van der Waals surface area contributed by atoms with Crippen molar-refractivity contribution >= 4 is 5.97 Å². The lowest BCUT2D eigenvalue weighted by atomic mass is 10.0. The summed E-state index contributed by atoms with van der Waals surface area (Å²) in [5, 5.41) is 0. The summed E-state index contributed by atoms with van der Waals surface area (Å²) in [5.41, 5.74) is 2.39. The third-order valence-electron chi connectivity index (χ3n) is 2.89. The first-order valence-corrected chi connectivity index (χ1v) is 6.38. The molecule has 20 heavy (non-hydrogen) atoms. The van der Waals surface area contributed by atoms with Crippen LogP contribution in [0.2, 0.25) is 0 Å². The van der Waals surface area contributed by atoms with Crippen LogP contribution < -0.4 is 5.69 Å². The van der Waals surface area contributed by atoms with Crippen molar-refractivity contribution < 1.29 is 9.53 Å². The summed E-state index contributed by atoms with van der Waals surface area (Å²) in [7, 11) is 0. The van der Waals surface area contributed by atoms with Crippen molar-refractivity contribution in [1.82, 2.24) is 9.97 Å². The Bertz CT molecular complexity index is 705. The summed E-state index contributed by atoms with van der Waals surface area (Å²) in [6, 6.07) is 7.49. The smallest absolute Gasteiger partial charge is 0.345 e. The van der Waals surface area contributed by atoms with Crippen molar-refractivity contribution in [2.75, 3.05) is 6.61 Å². The summed E-state index contributed by atoms with van der Waals surface area (Å²) < 4.78 is 5.04. The number of carbonyl (C=O) groups excluding carboxylic acids is 1. The highest BCUT2D eigenvalue weighted by Crippen LogP contribution is 2.23. The fourth-order valence-corrected chi connectivity index (χ4v) is 2.04. The van der Waals surface area contributed by atoms with Gasteiger partial charge in [-0.25, -0.2) is 9.59 Å². The standard InChI is InChI=1S/C15H16N2O3/c1-4-20-14(18)12-10(3)16-15(19)17-13(12)11-7-5-6-9(2)8-11/h5-8H,4H2,1-3H3,(H,16,17,19). The molecule has 0 atom stereocenters. The Morgan fingerprint density at radius 2 is 2.10 bits per heavy atom. The molecule has 1 aromatic carbocycles. The predicted molar refractivity (Wildman–Crippen MR) is 75.7 cm³/mol. The molecule has 0 saturated carbocycles. The fraction of sp³-hybridized carbons (Fsp3) is 0.267. The molecule has 0 aliphatic heterocycles. The highest BCUT2D eigenvalue weighted by atomic mass is 16.5. The highest BCUT2D eigenvalue weighted by Gasteiger charge is 2.19. The van der Waals surface area contributed by atoms with Crippen molar-refractivity contribution in [1.29, 1.82) is 0 Å². The minimum Gasteiger partial charge on any atom is -0.462 e. The van der Waals surface area contributed by atoms with Crippen molar-refractivity contribution in [3.8, 4) is 11.3 Å². The normalized spacial score (nSPS) is 10.3. The molecule has 0 aliphatic rings. The Balaban J connectivity index is 2.68.